The highest BCUT2D eigenvalue weighted by molar-refractivity contribution is 5.33. The lowest BCUT2D eigenvalue weighted by molar-refractivity contribution is 0.0613. The summed E-state index contributed by atoms with van der Waals surface area (Å²) in [7, 11) is 3.07. The summed E-state index contributed by atoms with van der Waals surface area (Å²) in [5.74, 6) is 0.300. The number of rotatable bonds is 5. The van der Waals surface area contributed by atoms with E-state index in [4.69, 9.17) is 15.2 Å². The molecule has 0 amide bonds. The Morgan fingerprint density at radius 2 is 2.06 bits per heavy atom. The summed E-state index contributed by atoms with van der Waals surface area (Å²) >= 11 is 0. The second-order valence-electron chi connectivity index (χ2n) is 4.43. The second-order valence-corrected chi connectivity index (χ2v) is 4.43. The van der Waals surface area contributed by atoms with Gasteiger partial charge < -0.3 is 15.2 Å². The fourth-order valence-corrected chi connectivity index (χ4v) is 2.18. The van der Waals surface area contributed by atoms with Crippen molar-refractivity contribution in [3.8, 4) is 5.75 Å². The molecule has 1 fully saturated rings. The smallest absolute Gasteiger partial charge is 0.169 e. The Balaban J connectivity index is 2.25. The van der Waals surface area contributed by atoms with Gasteiger partial charge in [0.1, 0.15) is 0 Å². The second kappa shape index (κ2) is 5.02. The molecule has 0 saturated heterocycles. The van der Waals surface area contributed by atoms with E-state index < -0.39 is 6.04 Å². The van der Waals surface area contributed by atoms with Gasteiger partial charge in [-0.05, 0) is 24.8 Å². The van der Waals surface area contributed by atoms with E-state index in [1.165, 1.54) is 7.11 Å². The van der Waals surface area contributed by atoms with Crippen molar-refractivity contribution < 1.29 is 13.9 Å². The predicted octanol–water partition coefficient (Wildman–Crippen LogP) is 2.26. The number of benzene rings is 1. The lowest BCUT2D eigenvalue weighted by atomic mass is 9.98. The molecule has 17 heavy (non-hydrogen) atoms. The van der Waals surface area contributed by atoms with Crippen LogP contribution in [0.2, 0.25) is 0 Å². The van der Waals surface area contributed by atoms with Gasteiger partial charge in [0.2, 0.25) is 0 Å². The highest BCUT2D eigenvalue weighted by atomic mass is 19.1. The van der Waals surface area contributed by atoms with Gasteiger partial charge in [0.05, 0.1) is 19.3 Å². The largest absolute Gasteiger partial charge is 0.494 e. The average molecular weight is 239 g/mol. The van der Waals surface area contributed by atoms with Gasteiger partial charge in [0.15, 0.2) is 11.6 Å². The molecule has 2 N–H and O–H groups in total. The summed E-state index contributed by atoms with van der Waals surface area (Å²) in [4.78, 5) is 0. The Kier molecular flexibility index (Phi) is 3.64. The van der Waals surface area contributed by atoms with Gasteiger partial charge in [0, 0.05) is 12.7 Å². The molecular weight excluding hydrogens is 221 g/mol. The van der Waals surface area contributed by atoms with Crippen LogP contribution < -0.4 is 10.5 Å². The molecule has 0 aromatic heterocycles. The molecular formula is C13H18FNO2. The molecule has 4 heteroatoms. The Morgan fingerprint density at radius 3 is 2.59 bits per heavy atom. The molecule has 0 radical (unpaired) electrons. The maximum absolute atomic E-state index is 14.0. The minimum absolute atomic E-state index is 0.114. The molecule has 1 aliphatic carbocycles. The van der Waals surface area contributed by atoms with E-state index in [1.54, 1.807) is 25.3 Å². The number of nitrogens with two attached hydrogens (primary N) is 1. The number of methoxy groups -OCH3 is 2. The van der Waals surface area contributed by atoms with Gasteiger partial charge in [-0.3, -0.25) is 0 Å². The van der Waals surface area contributed by atoms with Crippen LogP contribution in [0, 0.1) is 11.7 Å². The van der Waals surface area contributed by atoms with Crippen molar-refractivity contribution in [2.24, 2.45) is 11.7 Å². The summed E-state index contributed by atoms with van der Waals surface area (Å²) in [5.41, 5.74) is 6.56. The summed E-state index contributed by atoms with van der Waals surface area (Å²) in [6, 6.07) is 4.58. The van der Waals surface area contributed by atoms with Crippen molar-refractivity contribution in [1.82, 2.24) is 0 Å². The maximum Gasteiger partial charge on any atom is 0.169 e. The molecule has 0 spiro atoms. The highest BCUT2D eigenvalue weighted by Crippen LogP contribution is 2.40. The summed E-state index contributed by atoms with van der Waals surface area (Å²) in [5, 5.41) is 0. The third-order valence-electron chi connectivity index (χ3n) is 3.28. The molecule has 1 aromatic carbocycles. The molecule has 0 aliphatic heterocycles. The van der Waals surface area contributed by atoms with E-state index in [1.807, 2.05) is 0 Å². The molecule has 2 unspecified atom stereocenters. The van der Waals surface area contributed by atoms with Gasteiger partial charge in [-0.1, -0.05) is 12.1 Å². The number of ether oxygens (including phenoxy) is 2. The zero-order valence-corrected chi connectivity index (χ0v) is 10.2. The Labute approximate surface area is 101 Å². The zero-order valence-electron chi connectivity index (χ0n) is 10.2. The Hall–Kier alpha value is -1.13. The first kappa shape index (κ1) is 12.3. The van der Waals surface area contributed by atoms with Crippen LogP contribution in [0.3, 0.4) is 0 Å². The molecule has 1 aromatic rings. The molecule has 1 aliphatic rings. The van der Waals surface area contributed by atoms with E-state index in [0.29, 0.717) is 11.5 Å². The molecule has 0 bridgehead atoms. The highest BCUT2D eigenvalue weighted by Gasteiger charge is 2.37. The SMILES string of the molecule is COc1cccc(C(N)C(OC)C2CC2)c1F. The van der Waals surface area contributed by atoms with E-state index in [9.17, 15) is 4.39 Å². The molecule has 94 valence electrons. The van der Waals surface area contributed by atoms with Crippen molar-refractivity contribution in [2.45, 2.75) is 25.0 Å². The normalized spacial score (nSPS) is 18.8. The van der Waals surface area contributed by atoms with Crippen LogP contribution >= 0.6 is 0 Å². The monoisotopic (exact) mass is 239 g/mol. The van der Waals surface area contributed by atoms with E-state index in [-0.39, 0.29) is 17.7 Å². The maximum atomic E-state index is 14.0. The quantitative estimate of drug-likeness (QED) is 0.857. The molecule has 2 rings (SSSR count). The molecule has 2 atom stereocenters. The Morgan fingerprint density at radius 1 is 1.35 bits per heavy atom. The molecule has 0 heterocycles. The van der Waals surface area contributed by atoms with Crippen LogP contribution in [0.15, 0.2) is 18.2 Å². The number of halogens is 1. The topological polar surface area (TPSA) is 44.5 Å². The first-order chi connectivity index (χ1) is 8.19. The van der Waals surface area contributed by atoms with E-state index in [2.05, 4.69) is 0 Å². The van der Waals surface area contributed by atoms with Crippen molar-refractivity contribution in [3.05, 3.63) is 29.6 Å². The number of hydrogen-bond donors (Lipinski definition) is 1. The standard InChI is InChI=1S/C13H18FNO2/c1-16-10-5-3-4-9(11(10)14)12(15)13(17-2)8-6-7-8/h3-5,8,12-13H,6-7,15H2,1-2H3. The fourth-order valence-electron chi connectivity index (χ4n) is 2.18. The molecule has 3 nitrogen and oxygen atoms in total. The van der Waals surface area contributed by atoms with Gasteiger partial charge in [-0.2, -0.15) is 0 Å². The number of hydrogen-bond acceptors (Lipinski definition) is 3. The van der Waals surface area contributed by atoms with Crippen LogP contribution in [0.5, 0.6) is 5.75 Å². The summed E-state index contributed by atoms with van der Waals surface area (Å²) in [6.45, 7) is 0. The third-order valence-corrected chi connectivity index (χ3v) is 3.28. The van der Waals surface area contributed by atoms with E-state index >= 15 is 0 Å². The van der Waals surface area contributed by atoms with Gasteiger partial charge >= 0.3 is 0 Å². The third kappa shape index (κ3) is 2.42. The van der Waals surface area contributed by atoms with Crippen molar-refractivity contribution in [2.75, 3.05) is 14.2 Å². The minimum Gasteiger partial charge on any atom is -0.494 e. The van der Waals surface area contributed by atoms with Crippen LogP contribution in [0.4, 0.5) is 4.39 Å². The van der Waals surface area contributed by atoms with Crippen LogP contribution in [0.25, 0.3) is 0 Å². The average Bonchev–Trinajstić information content (AvgIpc) is 3.14. The van der Waals surface area contributed by atoms with Gasteiger partial charge in [-0.15, -0.1) is 0 Å². The summed E-state index contributed by atoms with van der Waals surface area (Å²) in [6.07, 6.45) is 2.10. The van der Waals surface area contributed by atoms with E-state index in [0.717, 1.165) is 12.8 Å². The van der Waals surface area contributed by atoms with Crippen LogP contribution in [-0.2, 0) is 4.74 Å². The van der Waals surface area contributed by atoms with Crippen LogP contribution in [-0.4, -0.2) is 20.3 Å². The summed E-state index contributed by atoms with van der Waals surface area (Å²) < 4.78 is 24.4. The lowest BCUT2D eigenvalue weighted by Gasteiger charge is -2.23. The first-order valence-electron chi connectivity index (χ1n) is 5.79. The lowest BCUT2D eigenvalue weighted by Crippen LogP contribution is -2.30. The minimum atomic E-state index is -0.442. The predicted molar refractivity (Wildman–Crippen MR) is 63.4 cm³/mol. The van der Waals surface area contributed by atoms with Crippen molar-refractivity contribution in [1.29, 1.82) is 0 Å². The van der Waals surface area contributed by atoms with Crippen LogP contribution in [0.1, 0.15) is 24.4 Å². The molecule has 1 saturated carbocycles. The van der Waals surface area contributed by atoms with Crippen molar-refractivity contribution >= 4 is 0 Å². The van der Waals surface area contributed by atoms with Gasteiger partial charge in [0.25, 0.3) is 0 Å². The zero-order chi connectivity index (χ0) is 12.4. The van der Waals surface area contributed by atoms with Gasteiger partial charge in [-0.25, -0.2) is 4.39 Å². The Bertz CT molecular complexity index is 393. The first-order valence-corrected chi connectivity index (χ1v) is 5.79. The van der Waals surface area contributed by atoms with Crippen molar-refractivity contribution in [3.63, 3.8) is 0 Å². The fraction of sp³-hybridized carbons (Fsp3) is 0.538.